The Morgan fingerprint density at radius 3 is 2.75 bits per heavy atom. The second-order valence-electron chi connectivity index (χ2n) is 5.09. The number of carbonyl (C=O) groups excluding carboxylic acids is 1. The number of imidazole rings is 1. The highest BCUT2D eigenvalue weighted by atomic mass is 16.6. The molecule has 0 aromatic carbocycles. The maximum absolute atomic E-state index is 11.6. The maximum atomic E-state index is 11.6. The molecule has 0 atom stereocenters. The summed E-state index contributed by atoms with van der Waals surface area (Å²) in [6, 6.07) is 0. The van der Waals surface area contributed by atoms with Gasteiger partial charge in [0.1, 0.15) is 12.4 Å². The van der Waals surface area contributed by atoms with Crippen molar-refractivity contribution in [3.05, 3.63) is 18.7 Å². The molecule has 0 amide bonds. The fourth-order valence-corrected chi connectivity index (χ4v) is 3.09. The average molecular weight is 220 g/mol. The molecule has 0 aliphatic heterocycles. The van der Waals surface area contributed by atoms with Crippen molar-refractivity contribution in [3.63, 3.8) is 0 Å². The molecule has 0 radical (unpaired) electrons. The highest BCUT2D eigenvalue weighted by Crippen LogP contribution is 2.54. The molecule has 4 heteroatoms. The lowest BCUT2D eigenvalue weighted by molar-refractivity contribution is -0.0381. The lowest BCUT2D eigenvalue weighted by Gasteiger charge is -2.44. The maximum Gasteiger partial charge on any atom is 0.419 e. The van der Waals surface area contributed by atoms with Crippen LogP contribution in [0.3, 0.4) is 0 Å². The first kappa shape index (κ1) is 9.87. The van der Waals surface area contributed by atoms with Crippen LogP contribution >= 0.6 is 0 Å². The Kier molecular flexibility index (Phi) is 2.23. The SMILES string of the molecule is O=C(OC1CC2(CCCC2)C1)n1ccnc1. The monoisotopic (exact) mass is 220 g/mol. The molecule has 2 aliphatic rings. The quantitative estimate of drug-likeness (QED) is 0.730. The van der Waals surface area contributed by atoms with E-state index in [9.17, 15) is 4.79 Å². The predicted molar refractivity (Wildman–Crippen MR) is 58.0 cm³/mol. The summed E-state index contributed by atoms with van der Waals surface area (Å²) in [5.41, 5.74) is 0.528. The summed E-state index contributed by atoms with van der Waals surface area (Å²) < 4.78 is 6.79. The van der Waals surface area contributed by atoms with Gasteiger partial charge in [-0.3, -0.25) is 0 Å². The van der Waals surface area contributed by atoms with Crippen molar-refractivity contribution in [2.24, 2.45) is 5.41 Å². The number of nitrogens with zero attached hydrogens (tertiary/aromatic N) is 2. The second kappa shape index (κ2) is 3.61. The van der Waals surface area contributed by atoms with Crippen molar-refractivity contribution < 1.29 is 9.53 Å². The van der Waals surface area contributed by atoms with Gasteiger partial charge in [0.2, 0.25) is 0 Å². The van der Waals surface area contributed by atoms with Crippen LogP contribution in [0.25, 0.3) is 0 Å². The number of carbonyl (C=O) groups is 1. The van der Waals surface area contributed by atoms with Crippen LogP contribution in [-0.2, 0) is 4.74 Å². The zero-order chi connectivity index (χ0) is 11.0. The Morgan fingerprint density at radius 2 is 2.12 bits per heavy atom. The fourth-order valence-electron chi connectivity index (χ4n) is 3.09. The van der Waals surface area contributed by atoms with Crippen LogP contribution in [-0.4, -0.2) is 21.7 Å². The molecule has 86 valence electrons. The summed E-state index contributed by atoms with van der Waals surface area (Å²) in [6.45, 7) is 0. The molecule has 1 spiro atoms. The van der Waals surface area contributed by atoms with Crippen LogP contribution in [0.4, 0.5) is 4.79 Å². The van der Waals surface area contributed by atoms with Crippen LogP contribution in [0, 0.1) is 5.41 Å². The van der Waals surface area contributed by atoms with Gasteiger partial charge in [-0.05, 0) is 31.1 Å². The standard InChI is InChI=1S/C12H16N2O2/c15-11(14-6-5-13-9-14)16-10-7-12(8-10)3-1-2-4-12/h5-6,9-10H,1-4,7-8H2. The van der Waals surface area contributed by atoms with E-state index >= 15 is 0 Å². The minimum absolute atomic E-state index is 0.132. The molecule has 0 bridgehead atoms. The Hall–Kier alpha value is -1.32. The molecule has 2 aliphatic carbocycles. The van der Waals surface area contributed by atoms with Gasteiger partial charge in [0.05, 0.1) is 0 Å². The van der Waals surface area contributed by atoms with E-state index in [0.717, 1.165) is 12.8 Å². The van der Waals surface area contributed by atoms with E-state index in [0.29, 0.717) is 5.41 Å². The first-order valence-corrected chi connectivity index (χ1v) is 5.96. The lowest BCUT2D eigenvalue weighted by atomic mass is 9.66. The predicted octanol–water partition coefficient (Wildman–Crippen LogP) is 2.59. The molecular formula is C12H16N2O2. The molecule has 0 saturated heterocycles. The van der Waals surface area contributed by atoms with Gasteiger partial charge >= 0.3 is 6.09 Å². The molecule has 2 fully saturated rings. The number of rotatable bonds is 1. The van der Waals surface area contributed by atoms with Crippen LogP contribution < -0.4 is 0 Å². The zero-order valence-electron chi connectivity index (χ0n) is 9.26. The zero-order valence-corrected chi connectivity index (χ0v) is 9.26. The summed E-state index contributed by atoms with van der Waals surface area (Å²) in [7, 11) is 0. The molecule has 4 nitrogen and oxygen atoms in total. The highest BCUT2D eigenvalue weighted by Gasteiger charge is 2.47. The van der Waals surface area contributed by atoms with Crippen molar-refractivity contribution in [3.8, 4) is 0 Å². The van der Waals surface area contributed by atoms with Crippen molar-refractivity contribution in [1.29, 1.82) is 0 Å². The molecular weight excluding hydrogens is 204 g/mol. The number of ether oxygens (including phenoxy) is 1. The number of aromatic nitrogens is 2. The van der Waals surface area contributed by atoms with Gasteiger partial charge in [-0.25, -0.2) is 14.3 Å². The van der Waals surface area contributed by atoms with Gasteiger partial charge in [-0.15, -0.1) is 0 Å². The summed E-state index contributed by atoms with van der Waals surface area (Å²) in [6.07, 6.45) is 12.0. The van der Waals surface area contributed by atoms with Crippen LogP contribution in [0.2, 0.25) is 0 Å². The topological polar surface area (TPSA) is 44.1 Å². The first-order chi connectivity index (χ1) is 7.77. The highest BCUT2D eigenvalue weighted by molar-refractivity contribution is 5.70. The fraction of sp³-hybridized carbons (Fsp3) is 0.667. The van der Waals surface area contributed by atoms with Gasteiger partial charge in [0.25, 0.3) is 0 Å². The van der Waals surface area contributed by atoms with Gasteiger partial charge in [0.15, 0.2) is 0 Å². The minimum Gasteiger partial charge on any atom is -0.446 e. The smallest absolute Gasteiger partial charge is 0.419 e. The second-order valence-corrected chi connectivity index (χ2v) is 5.09. The Bertz CT molecular complexity index is 372. The third-order valence-electron chi connectivity index (χ3n) is 3.97. The van der Waals surface area contributed by atoms with Gasteiger partial charge in [-0.2, -0.15) is 0 Å². The summed E-state index contributed by atoms with van der Waals surface area (Å²) in [5, 5.41) is 0. The van der Waals surface area contributed by atoms with E-state index in [1.54, 1.807) is 12.4 Å². The van der Waals surface area contributed by atoms with Crippen molar-refractivity contribution in [2.45, 2.75) is 44.6 Å². The van der Waals surface area contributed by atoms with E-state index < -0.39 is 0 Å². The summed E-state index contributed by atoms with van der Waals surface area (Å²) in [5.74, 6) is 0. The number of hydrogen-bond donors (Lipinski definition) is 0. The minimum atomic E-state index is -0.296. The third kappa shape index (κ3) is 1.62. The Morgan fingerprint density at radius 1 is 1.38 bits per heavy atom. The Balaban J connectivity index is 1.53. The van der Waals surface area contributed by atoms with Gasteiger partial charge in [0, 0.05) is 12.4 Å². The molecule has 1 heterocycles. The molecule has 3 rings (SSSR count). The van der Waals surface area contributed by atoms with Crippen LogP contribution in [0.5, 0.6) is 0 Å². The first-order valence-electron chi connectivity index (χ1n) is 5.96. The molecule has 16 heavy (non-hydrogen) atoms. The van der Waals surface area contributed by atoms with E-state index in [1.165, 1.54) is 36.6 Å². The van der Waals surface area contributed by atoms with Crippen LogP contribution in [0.1, 0.15) is 38.5 Å². The summed E-state index contributed by atoms with van der Waals surface area (Å²) in [4.78, 5) is 15.4. The average Bonchev–Trinajstić information content (AvgIpc) is 2.86. The largest absolute Gasteiger partial charge is 0.446 e. The van der Waals surface area contributed by atoms with Gasteiger partial charge < -0.3 is 4.74 Å². The molecule has 1 aromatic rings. The summed E-state index contributed by atoms with van der Waals surface area (Å²) >= 11 is 0. The van der Waals surface area contributed by atoms with Crippen molar-refractivity contribution in [1.82, 2.24) is 9.55 Å². The van der Waals surface area contributed by atoms with E-state index in [-0.39, 0.29) is 12.2 Å². The van der Waals surface area contributed by atoms with Crippen molar-refractivity contribution >= 4 is 6.09 Å². The normalized spacial score (nSPS) is 23.2. The van der Waals surface area contributed by atoms with E-state index in [4.69, 9.17) is 4.74 Å². The molecule has 0 unspecified atom stereocenters. The van der Waals surface area contributed by atoms with E-state index in [1.807, 2.05) is 0 Å². The lowest BCUT2D eigenvalue weighted by Crippen LogP contribution is -2.42. The van der Waals surface area contributed by atoms with Crippen LogP contribution in [0.15, 0.2) is 18.7 Å². The molecule has 1 aromatic heterocycles. The molecule has 2 saturated carbocycles. The molecule has 0 N–H and O–H groups in total. The van der Waals surface area contributed by atoms with E-state index in [2.05, 4.69) is 4.98 Å². The van der Waals surface area contributed by atoms with Gasteiger partial charge in [-0.1, -0.05) is 12.8 Å². The number of hydrogen-bond acceptors (Lipinski definition) is 3. The van der Waals surface area contributed by atoms with Crippen molar-refractivity contribution in [2.75, 3.05) is 0 Å². The Labute approximate surface area is 94.6 Å². The third-order valence-corrected chi connectivity index (χ3v) is 3.97.